The number of amides is 1. The number of hydrogen-bond donors (Lipinski definition) is 1. The van der Waals surface area contributed by atoms with Gasteiger partial charge in [-0.15, -0.1) is 0 Å². The van der Waals surface area contributed by atoms with Crippen LogP contribution in [0.4, 0.5) is 17.1 Å². The Bertz CT molecular complexity index is 1380. The number of nitrogens with zero attached hydrogens (tertiary/aromatic N) is 2. The quantitative estimate of drug-likeness (QED) is 0.362. The van der Waals surface area contributed by atoms with Gasteiger partial charge in [-0.3, -0.25) is 19.2 Å². The first-order chi connectivity index (χ1) is 16.2. The molecule has 1 N–H and O–H groups in total. The zero-order valence-corrected chi connectivity index (χ0v) is 19.7. The number of ether oxygens (including phenoxy) is 1. The van der Waals surface area contributed by atoms with Crippen LogP contribution in [0.25, 0.3) is 10.8 Å². The number of nitrogens with one attached hydrogen (secondary N) is 1. The number of nitro benzene ring substituents is 1. The molecule has 1 amide bonds. The number of methoxy groups -OCH3 is 1. The molecule has 0 atom stereocenters. The predicted molar refractivity (Wildman–Crippen MR) is 131 cm³/mol. The summed E-state index contributed by atoms with van der Waals surface area (Å²) >= 11 is 0. The Morgan fingerprint density at radius 3 is 2.56 bits per heavy atom. The SMILES string of the molecule is COc1ccc([N+](=O)[O-])cc1N(CCCC(=O)Nc1ccc2c3c(cccc13)CC2)S(C)(=O)=O. The second kappa shape index (κ2) is 9.30. The molecule has 1 aliphatic rings. The van der Waals surface area contributed by atoms with Gasteiger partial charge in [-0.2, -0.15) is 0 Å². The van der Waals surface area contributed by atoms with Crippen molar-refractivity contribution in [3.63, 3.8) is 0 Å². The molecular formula is C24H25N3O6S. The van der Waals surface area contributed by atoms with Crippen molar-refractivity contribution >= 4 is 43.8 Å². The Morgan fingerprint density at radius 1 is 1.15 bits per heavy atom. The van der Waals surface area contributed by atoms with E-state index in [1.807, 2.05) is 24.3 Å². The number of carbonyl (C=O) groups is 1. The van der Waals surface area contributed by atoms with Gasteiger partial charge in [-0.25, -0.2) is 8.42 Å². The lowest BCUT2D eigenvalue weighted by Crippen LogP contribution is -2.32. The van der Waals surface area contributed by atoms with E-state index in [1.54, 1.807) is 0 Å². The Morgan fingerprint density at radius 2 is 1.88 bits per heavy atom. The molecule has 0 saturated carbocycles. The minimum absolute atomic E-state index is 0.0341. The van der Waals surface area contributed by atoms with Gasteiger partial charge in [0, 0.05) is 36.2 Å². The Balaban J connectivity index is 1.49. The van der Waals surface area contributed by atoms with Crippen LogP contribution in [0.15, 0.2) is 48.5 Å². The number of carbonyl (C=O) groups excluding carboxylic acids is 1. The zero-order chi connectivity index (χ0) is 24.5. The van der Waals surface area contributed by atoms with Crippen molar-refractivity contribution in [1.82, 2.24) is 0 Å². The molecule has 0 spiro atoms. The van der Waals surface area contributed by atoms with Crippen LogP contribution < -0.4 is 14.4 Å². The highest BCUT2D eigenvalue weighted by atomic mass is 32.2. The molecule has 0 saturated heterocycles. The maximum atomic E-state index is 12.7. The third kappa shape index (κ3) is 4.67. The minimum Gasteiger partial charge on any atom is -0.495 e. The standard InChI is InChI=1S/C24H25N3O6S/c1-33-22-13-11-18(27(29)30)15-21(22)26(34(2,31)32)14-4-7-23(28)25-20-12-10-17-9-8-16-5-3-6-19(20)24(16)17/h3,5-6,10-13,15H,4,7-9,14H2,1-2H3,(H,25,28). The van der Waals surface area contributed by atoms with Crippen LogP contribution in [-0.2, 0) is 27.7 Å². The second-order valence-corrected chi connectivity index (χ2v) is 10.1. The van der Waals surface area contributed by atoms with Gasteiger partial charge in [0.25, 0.3) is 5.69 Å². The van der Waals surface area contributed by atoms with Crippen molar-refractivity contribution < 1.29 is 22.9 Å². The summed E-state index contributed by atoms with van der Waals surface area (Å²) < 4.78 is 31.2. The van der Waals surface area contributed by atoms with Crippen molar-refractivity contribution in [1.29, 1.82) is 0 Å². The predicted octanol–water partition coefficient (Wildman–Crippen LogP) is 4.04. The van der Waals surface area contributed by atoms with E-state index in [9.17, 15) is 23.3 Å². The topological polar surface area (TPSA) is 119 Å². The number of hydrogen-bond acceptors (Lipinski definition) is 6. The molecule has 0 unspecified atom stereocenters. The highest BCUT2D eigenvalue weighted by Crippen LogP contribution is 2.36. The average Bonchev–Trinajstić information content (AvgIpc) is 3.22. The third-order valence-corrected chi connectivity index (χ3v) is 7.14. The van der Waals surface area contributed by atoms with Crippen molar-refractivity contribution in [3.05, 3.63) is 69.8 Å². The average molecular weight is 484 g/mol. The van der Waals surface area contributed by atoms with E-state index in [2.05, 4.69) is 11.4 Å². The van der Waals surface area contributed by atoms with Crippen LogP contribution >= 0.6 is 0 Å². The summed E-state index contributed by atoms with van der Waals surface area (Å²) in [4.78, 5) is 23.3. The molecule has 0 bridgehead atoms. The van der Waals surface area contributed by atoms with Crippen LogP contribution in [-0.4, -0.2) is 39.2 Å². The number of anilines is 2. The first-order valence-corrected chi connectivity index (χ1v) is 12.7. The molecule has 0 aliphatic heterocycles. The van der Waals surface area contributed by atoms with Gasteiger partial charge in [0.2, 0.25) is 15.9 Å². The number of nitro groups is 1. The fourth-order valence-electron chi connectivity index (χ4n) is 4.40. The molecule has 34 heavy (non-hydrogen) atoms. The molecule has 3 aromatic rings. The van der Waals surface area contributed by atoms with Gasteiger partial charge in [0.15, 0.2) is 0 Å². The summed E-state index contributed by atoms with van der Waals surface area (Å²) in [5, 5.41) is 16.3. The Labute approximate surface area is 197 Å². The molecule has 10 heteroatoms. The van der Waals surface area contributed by atoms with E-state index < -0.39 is 14.9 Å². The molecule has 0 aromatic heterocycles. The van der Waals surface area contributed by atoms with Crippen LogP contribution in [0.3, 0.4) is 0 Å². The molecule has 0 radical (unpaired) electrons. The van der Waals surface area contributed by atoms with Gasteiger partial charge < -0.3 is 10.1 Å². The number of sulfonamides is 1. The fourth-order valence-corrected chi connectivity index (χ4v) is 5.36. The maximum Gasteiger partial charge on any atom is 0.271 e. The highest BCUT2D eigenvalue weighted by Gasteiger charge is 2.24. The maximum absolute atomic E-state index is 12.7. The lowest BCUT2D eigenvalue weighted by atomic mass is 10.0. The van der Waals surface area contributed by atoms with E-state index in [0.717, 1.165) is 40.5 Å². The van der Waals surface area contributed by atoms with Gasteiger partial charge in [-0.05, 0) is 47.9 Å². The van der Waals surface area contributed by atoms with E-state index in [1.165, 1.54) is 35.8 Å². The Hall–Kier alpha value is -3.66. The van der Waals surface area contributed by atoms with Gasteiger partial charge >= 0.3 is 0 Å². The largest absolute Gasteiger partial charge is 0.495 e. The first kappa shape index (κ1) is 23.5. The van der Waals surface area contributed by atoms with E-state index in [-0.39, 0.29) is 42.4 Å². The van der Waals surface area contributed by atoms with Crippen LogP contribution in [0.1, 0.15) is 24.0 Å². The van der Waals surface area contributed by atoms with Crippen LogP contribution in [0.5, 0.6) is 5.75 Å². The van der Waals surface area contributed by atoms with Crippen LogP contribution in [0.2, 0.25) is 0 Å². The molecule has 1 aliphatic carbocycles. The number of non-ortho nitro benzene ring substituents is 1. The highest BCUT2D eigenvalue weighted by molar-refractivity contribution is 7.92. The molecule has 178 valence electrons. The summed E-state index contributed by atoms with van der Waals surface area (Å²) in [6.07, 6.45) is 3.29. The van der Waals surface area contributed by atoms with E-state index in [4.69, 9.17) is 4.74 Å². The number of rotatable bonds is 9. The molecule has 3 aromatic carbocycles. The molecule has 4 rings (SSSR count). The molecule has 9 nitrogen and oxygen atoms in total. The summed E-state index contributed by atoms with van der Waals surface area (Å²) in [6, 6.07) is 13.8. The van der Waals surface area contributed by atoms with E-state index >= 15 is 0 Å². The van der Waals surface area contributed by atoms with E-state index in [0.29, 0.717) is 0 Å². The van der Waals surface area contributed by atoms with Crippen molar-refractivity contribution in [2.24, 2.45) is 0 Å². The lowest BCUT2D eigenvalue weighted by Gasteiger charge is -2.24. The normalized spacial score (nSPS) is 12.5. The first-order valence-electron chi connectivity index (χ1n) is 10.8. The monoisotopic (exact) mass is 483 g/mol. The molecule has 0 fully saturated rings. The lowest BCUT2D eigenvalue weighted by molar-refractivity contribution is -0.384. The van der Waals surface area contributed by atoms with Gasteiger partial charge in [0.1, 0.15) is 11.4 Å². The van der Waals surface area contributed by atoms with Crippen molar-refractivity contribution in [2.75, 3.05) is 29.5 Å². The molecular weight excluding hydrogens is 458 g/mol. The van der Waals surface area contributed by atoms with Gasteiger partial charge in [0.05, 0.1) is 18.3 Å². The van der Waals surface area contributed by atoms with Crippen molar-refractivity contribution in [2.45, 2.75) is 25.7 Å². The summed E-state index contributed by atoms with van der Waals surface area (Å²) in [6.45, 7) is -0.0341. The minimum atomic E-state index is -3.78. The summed E-state index contributed by atoms with van der Waals surface area (Å²) in [7, 11) is -2.42. The summed E-state index contributed by atoms with van der Waals surface area (Å²) in [5.41, 5.74) is 3.09. The Kier molecular flexibility index (Phi) is 6.43. The number of aryl methyl sites for hydroxylation is 2. The second-order valence-electron chi connectivity index (χ2n) is 8.21. The fraction of sp³-hybridized carbons (Fsp3) is 0.292. The summed E-state index contributed by atoms with van der Waals surface area (Å²) in [5.74, 6) is -0.0495. The van der Waals surface area contributed by atoms with Crippen molar-refractivity contribution in [3.8, 4) is 5.75 Å². The number of benzene rings is 3. The van der Waals surface area contributed by atoms with Gasteiger partial charge in [-0.1, -0.05) is 24.3 Å². The smallest absolute Gasteiger partial charge is 0.271 e. The third-order valence-electron chi connectivity index (χ3n) is 5.96. The zero-order valence-electron chi connectivity index (χ0n) is 18.9. The van der Waals surface area contributed by atoms with Crippen LogP contribution in [0, 0.1) is 10.1 Å². The molecule has 0 heterocycles.